The summed E-state index contributed by atoms with van der Waals surface area (Å²) in [5, 5.41) is 10.7. The Morgan fingerprint density at radius 3 is 2.85 bits per heavy atom. The fraction of sp³-hybridized carbons (Fsp3) is 0.500. The molecule has 0 aliphatic carbocycles. The Labute approximate surface area is 163 Å². The van der Waals surface area contributed by atoms with E-state index in [0.717, 1.165) is 37.1 Å². The van der Waals surface area contributed by atoms with Crippen LogP contribution in [0.25, 0.3) is 11.0 Å². The van der Waals surface area contributed by atoms with Gasteiger partial charge < -0.3 is 9.84 Å². The van der Waals surface area contributed by atoms with Gasteiger partial charge in [0.05, 0.1) is 5.39 Å². The number of piperazine rings is 1. The lowest BCUT2D eigenvalue weighted by Gasteiger charge is -2.32. The van der Waals surface area contributed by atoms with Crippen molar-refractivity contribution in [3.8, 4) is 0 Å². The maximum Gasteiger partial charge on any atom is 0.329 e. The Bertz CT molecular complexity index is 868. The number of nitrogens with one attached hydrogen (secondary N) is 2. The van der Waals surface area contributed by atoms with Crippen molar-refractivity contribution in [1.29, 1.82) is 0 Å². The van der Waals surface area contributed by atoms with Crippen molar-refractivity contribution < 1.29 is 14.1 Å². The predicted molar refractivity (Wildman–Crippen MR) is 104 cm³/mol. The summed E-state index contributed by atoms with van der Waals surface area (Å²) in [5.74, 6) is 0.224. The maximum absolute atomic E-state index is 12.2. The minimum absolute atomic E-state index is 0. The number of halogens is 1. The van der Waals surface area contributed by atoms with Gasteiger partial charge in [-0.1, -0.05) is 11.2 Å². The fourth-order valence-corrected chi connectivity index (χ4v) is 3.74. The molecule has 146 valence electrons. The van der Waals surface area contributed by atoms with E-state index in [1.165, 1.54) is 10.5 Å². The maximum atomic E-state index is 12.2. The number of hydrogen-bond donors (Lipinski definition) is 2. The van der Waals surface area contributed by atoms with Crippen molar-refractivity contribution >= 4 is 41.1 Å². The lowest BCUT2D eigenvalue weighted by molar-refractivity contribution is -0.120. The number of imide groups is 1. The quantitative estimate of drug-likeness (QED) is 0.826. The topological polar surface area (TPSA) is 90.7 Å². The van der Waals surface area contributed by atoms with E-state index in [4.69, 9.17) is 4.52 Å². The average molecular weight is 394 g/mol. The van der Waals surface area contributed by atoms with Crippen LogP contribution in [0.4, 0.5) is 10.6 Å². The number of fused-ring (bicyclic) bond motifs is 1. The van der Waals surface area contributed by atoms with E-state index in [0.29, 0.717) is 24.0 Å². The Balaban J connectivity index is 0.00000210. The van der Waals surface area contributed by atoms with Crippen molar-refractivity contribution in [3.05, 3.63) is 23.3 Å². The van der Waals surface area contributed by atoms with E-state index in [1.54, 1.807) is 0 Å². The Morgan fingerprint density at radius 2 is 2.11 bits per heavy atom. The van der Waals surface area contributed by atoms with Gasteiger partial charge in [0.25, 0.3) is 0 Å². The molecule has 27 heavy (non-hydrogen) atoms. The molecule has 2 saturated heterocycles. The van der Waals surface area contributed by atoms with Crippen molar-refractivity contribution in [3.63, 3.8) is 0 Å². The third-order valence-corrected chi connectivity index (χ3v) is 5.15. The zero-order valence-corrected chi connectivity index (χ0v) is 16.3. The van der Waals surface area contributed by atoms with Crippen LogP contribution < -0.4 is 15.5 Å². The van der Waals surface area contributed by atoms with E-state index in [1.807, 2.05) is 13.0 Å². The van der Waals surface area contributed by atoms with Crippen molar-refractivity contribution in [2.45, 2.75) is 32.9 Å². The molecule has 3 amide bonds. The molecule has 4 rings (SSSR count). The van der Waals surface area contributed by atoms with Crippen molar-refractivity contribution in [2.75, 3.05) is 31.1 Å². The molecule has 2 aromatic rings. The van der Waals surface area contributed by atoms with Gasteiger partial charge >= 0.3 is 6.03 Å². The lowest BCUT2D eigenvalue weighted by atomic mass is 10.0. The highest BCUT2D eigenvalue weighted by atomic mass is 35.5. The first-order valence-electron chi connectivity index (χ1n) is 8.98. The molecule has 1 aromatic carbocycles. The summed E-state index contributed by atoms with van der Waals surface area (Å²) in [6.45, 7) is 8.39. The molecular formula is C18H24ClN5O3. The number of benzene rings is 1. The smallest absolute Gasteiger partial charge is 0.329 e. The van der Waals surface area contributed by atoms with Gasteiger partial charge in [-0.15, -0.1) is 12.4 Å². The first kappa shape index (κ1) is 19.6. The zero-order chi connectivity index (χ0) is 18.3. The average Bonchev–Trinajstić information content (AvgIpc) is 3.02. The number of anilines is 1. The van der Waals surface area contributed by atoms with E-state index in [9.17, 15) is 9.59 Å². The molecule has 2 aliphatic rings. The molecule has 0 unspecified atom stereocenters. The van der Waals surface area contributed by atoms with Gasteiger partial charge in [-0.2, -0.15) is 0 Å². The van der Waals surface area contributed by atoms with Gasteiger partial charge in [-0.05, 0) is 31.0 Å². The lowest BCUT2D eigenvalue weighted by Crippen LogP contribution is -2.49. The Kier molecular flexibility index (Phi) is 5.69. The van der Waals surface area contributed by atoms with Gasteiger partial charge in [0.1, 0.15) is 0 Å². The second-order valence-electron chi connectivity index (χ2n) is 7.07. The van der Waals surface area contributed by atoms with Gasteiger partial charge in [-0.3, -0.25) is 19.9 Å². The van der Waals surface area contributed by atoms with Gasteiger partial charge in [0.15, 0.2) is 11.4 Å². The molecule has 2 aliphatic heterocycles. The number of aromatic nitrogens is 1. The predicted octanol–water partition coefficient (Wildman–Crippen LogP) is 1.80. The summed E-state index contributed by atoms with van der Waals surface area (Å²) in [6, 6.07) is 4.01. The number of rotatable bonds is 3. The van der Waals surface area contributed by atoms with Crippen molar-refractivity contribution in [2.24, 2.45) is 0 Å². The molecule has 8 nitrogen and oxygen atoms in total. The second kappa shape index (κ2) is 7.84. The summed E-state index contributed by atoms with van der Waals surface area (Å²) in [5.41, 5.74) is 2.92. The molecule has 0 radical (unpaired) electrons. The van der Waals surface area contributed by atoms with Crippen LogP contribution in [0.15, 0.2) is 16.7 Å². The van der Waals surface area contributed by atoms with Crippen LogP contribution in [0, 0.1) is 6.92 Å². The number of carbonyl (C=O) groups excluding carboxylic acids is 2. The van der Waals surface area contributed by atoms with Crippen LogP contribution in [-0.2, 0) is 11.3 Å². The first-order chi connectivity index (χ1) is 12.5. The molecule has 1 aromatic heterocycles. The molecule has 1 atom stereocenters. The Hall–Kier alpha value is -2.16. The van der Waals surface area contributed by atoms with Crippen LogP contribution in [0.2, 0.25) is 0 Å². The van der Waals surface area contributed by atoms with Gasteiger partial charge in [0, 0.05) is 45.2 Å². The number of aryl methyl sites for hydroxylation is 1. The van der Waals surface area contributed by atoms with Crippen molar-refractivity contribution in [1.82, 2.24) is 20.7 Å². The molecular weight excluding hydrogens is 370 g/mol. The number of carbonyl (C=O) groups is 2. The third kappa shape index (κ3) is 3.78. The number of amides is 3. The van der Waals surface area contributed by atoms with Crippen LogP contribution in [0.5, 0.6) is 0 Å². The van der Waals surface area contributed by atoms with E-state index in [2.05, 4.69) is 33.7 Å². The van der Waals surface area contributed by atoms with Crippen LogP contribution in [0.1, 0.15) is 24.5 Å². The molecule has 0 spiro atoms. The minimum atomic E-state index is -0.447. The molecule has 9 heteroatoms. The highest BCUT2D eigenvalue weighted by molar-refractivity contribution is 6.09. The Morgan fingerprint density at radius 1 is 1.30 bits per heavy atom. The summed E-state index contributed by atoms with van der Waals surface area (Å²) in [7, 11) is 0. The zero-order valence-electron chi connectivity index (χ0n) is 15.4. The number of hydrogen-bond acceptors (Lipinski definition) is 6. The summed E-state index contributed by atoms with van der Waals surface area (Å²) in [6.07, 6.45) is 0.261. The molecule has 2 fully saturated rings. The van der Waals surface area contributed by atoms with Gasteiger partial charge in [-0.25, -0.2) is 4.79 Å². The molecule has 0 bridgehead atoms. The number of nitrogens with zero attached hydrogens (tertiary/aromatic N) is 3. The fourth-order valence-electron chi connectivity index (χ4n) is 3.74. The standard InChI is InChI=1S/C18H23N5O3.ClH/c1-11-9-22(8-6-19-11)10-13-3-4-14-16(12(13)2)17(21-26-14)23-7-5-15(24)20-18(23)25;/h3-4,11,19H,5-10H2,1-2H3,(H,20,24,25);1H/t11-;/m0./s1. The van der Waals surface area contributed by atoms with Crippen LogP contribution >= 0.6 is 12.4 Å². The molecule has 2 N–H and O–H groups in total. The van der Waals surface area contributed by atoms with Crippen LogP contribution in [0.3, 0.4) is 0 Å². The monoisotopic (exact) mass is 393 g/mol. The highest BCUT2D eigenvalue weighted by Gasteiger charge is 2.29. The number of urea groups is 1. The van der Waals surface area contributed by atoms with E-state index < -0.39 is 6.03 Å². The van der Waals surface area contributed by atoms with Crippen LogP contribution in [-0.4, -0.2) is 54.2 Å². The minimum Gasteiger partial charge on any atom is -0.354 e. The van der Waals surface area contributed by atoms with E-state index in [-0.39, 0.29) is 24.7 Å². The summed E-state index contributed by atoms with van der Waals surface area (Å²) < 4.78 is 5.44. The molecule has 3 heterocycles. The van der Waals surface area contributed by atoms with E-state index >= 15 is 0 Å². The summed E-state index contributed by atoms with van der Waals surface area (Å²) >= 11 is 0. The molecule has 0 saturated carbocycles. The summed E-state index contributed by atoms with van der Waals surface area (Å²) in [4.78, 5) is 27.5. The highest BCUT2D eigenvalue weighted by Crippen LogP contribution is 2.32. The SMILES string of the molecule is Cc1c(CN2CCN[C@@H](C)C2)ccc2onc(N3CCC(=O)NC3=O)c12.Cl. The third-order valence-electron chi connectivity index (χ3n) is 5.15. The normalized spacial score (nSPS) is 21.3. The second-order valence-corrected chi connectivity index (χ2v) is 7.07. The van der Waals surface area contributed by atoms with Gasteiger partial charge in [0.2, 0.25) is 5.91 Å². The largest absolute Gasteiger partial charge is 0.354 e. The first-order valence-corrected chi connectivity index (χ1v) is 8.98.